The first-order valence-electron chi connectivity index (χ1n) is 12.4. The molecular formula is C29H31N5O2. The van der Waals surface area contributed by atoms with Crippen molar-refractivity contribution in [2.75, 3.05) is 23.3 Å². The number of aromatic nitrogens is 3. The Balaban J connectivity index is 1.36. The van der Waals surface area contributed by atoms with Gasteiger partial charge in [0.1, 0.15) is 5.52 Å². The molecule has 1 amide bonds. The Morgan fingerprint density at radius 2 is 1.75 bits per heavy atom. The molecule has 2 aromatic heterocycles. The standard InChI is InChI=1S/C29H31N5O2/c1-19-9-11-22(12-10-19)18-34-26-25(8-5-15-30-26)31-27(29(34)36)33-16-13-23(14-17-33)28(35)32-24-7-4-6-20(2)21(24)3/h4-12,15,23H,13-14,16-18H2,1-3H3,(H,32,35). The van der Waals surface area contributed by atoms with E-state index in [0.29, 0.717) is 49.5 Å². The number of anilines is 2. The van der Waals surface area contributed by atoms with Gasteiger partial charge in [0.2, 0.25) is 5.91 Å². The zero-order valence-electron chi connectivity index (χ0n) is 21.0. The van der Waals surface area contributed by atoms with Gasteiger partial charge in [-0.3, -0.25) is 14.2 Å². The highest BCUT2D eigenvalue weighted by Crippen LogP contribution is 2.25. The van der Waals surface area contributed by atoms with Crippen LogP contribution in [-0.4, -0.2) is 33.5 Å². The summed E-state index contributed by atoms with van der Waals surface area (Å²) in [5, 5.41) is 3.10. The quantitative estimate of drug-likeness (QED) is 0.450. The van der Waals surface area contributed by atoms with E-state index in [0.717, 1.165) is 22.4 Å². The molecule has 7 heteroatoms. The molecule has 1 saturated heterocycles. The number of carbonyl (C=O) groups excluding carboxylic acids is 1. The molecule has 0 spiro atoms. The van der Waals surface area contributed by atoms with Crippen molar-refractivity contribution in [3.05, 3.63) is 93.4 Å². The predicted molar refractivity (Wildman–Crippen MR) is 144 cm³/mol. The number of hydrogen-bond acceptors (Lipinski definition) is 5. The second-order valence-electron chi connectivity index (χ2n) is 9.66. The lowest BCUT2D eigenvalue weighted by Crippen LogP contribution is -2.42. The highest BCUT2D eigenvalue weighted by atomic mass is 16.2. The van der Waals surface area contributed by atoms with Crippen LogP contribution in [0.3, 0.4) is 0 Å². The van der Waals surface area contributed by atoms with Crippen molar-refractivity contribution in [3.8, 4) is 0 Å². The Morgan fingerprint density at radius 1 is 1.00 bits per heavy atom. The Hall–Kier alpha value is -4.00. The van der Waals surface area contributed by atoms with E-state index in [2.05, 4.69) is 10.3 Å². The fourth-order valence-electron chi connectivity index (χ4n) is 4.77. The normalized spacial score (nSPS) is 14.2. The smallest absolute Gasteiger partial charge is 0.295 e. The number of amides is 1. The van der Waals surface area contributed by atoms with Crippen LogP contribution in [0.5, 0.6) is 0 Å². The Kier molecular flexibility index (Phi) is 6.55. The third-order valence-corrected chi connectivity index (χ3v) is 7.17. The van der Waals surface area contributed by atoms with Gasteiger partial charge in [0, 0.05) is 30.9 Å². The molecule has 1 aliphatic rings. The number of nitrogens with one attached hydrogen (secondary N) is 1. The zero-order chi connectivity index (χ0) is 25.2. The average molecular weight is 482 g/mol. The first-order chi connectivity index (χ1) is 17.4. The van der Waals surface area contributed by atoms with E-state index in [4.69, 9.17) is 4.98 Å². The summed E-state index contributed by atoms with van der Waals surface area (Å²) in [6.07, 6.45) is 3.02. The lowest BCUT2D eigenvalue weighted by atomic mass is 9.95. The van der Waals surface area contributed by atoms with Crippen LogP contribution < -0.4 is 15.8 Å². The van der Waals surface area contributed by atoms with Gasteiger partial charge in [-0.05, 0) is 68.5 Å². The maximum atomic E-state index is 13.6. The summed E-state index contributed by atoms with van der Waals surface area (Å²) in [5.74, 6) is 0.366. The molecular weight excluding hydrogens is 450 g/mol. The fourth-order valence-corrected chi connectivity index (χ4v) is 4.77. The largest absolute Gasteiger partial charge is 0.352 e. The number of rotatable bonds is 5. The Labute approximate surface area is 210 Å². The summed E-state index contributed by atoms with van der Waals surface area (Å²) in [5.41, 5.74) is 6.43. The molecule has 5 rings (SSSR count). The van der Waals surface area contributed by atoms with E-state index in [9.17, 15) is 9.59 Å². The summed E-state index contributed by atoms with van der Waals surface area (Å²) in [6.45, 7) is 7.74. The maximum Gasteiger partial charge on any atom is 0.295 e. The lowest BCUT2D eigenvalue weighted by molar-refractivity contribution is -0.120. The number of fused-ring (bicyclic) bond motifs is 1. The summed E-state index contributed by atoms with van der Waals surface area (Å²) in [6, 6.07) is 17.8. The van der Waals surface area contributed by atoms with Crippen molar-refractivity contribution in [1.29, 1.82) is 0 Å². The molecule has 2 aromatic carbocycles. The number of aryl methyl sites for hydroxylation is 2. The molecule has 36 heavy (non-hydrogen) atoms. The molecule has 0 aliphatic carbocycles. The maximum absolute atomic E-state index is 13.6. The molecule has 0 bridgehead atoms. The summed E-state index contributed by atoms with van der Waals surface area (Å²) < 4.78 is 1.71. The molecule has 0 saturated carbocycles. The number of hydrogen-bond donors (Lipinski definition) is 1. The minimum Gasteiger partial charge on any atom is -0.352 e. The molecule has 3 heterocycles. The average Bonchev–Trinajstić information content (AvgIpc) is 2.89. The van der Waals surface area contributed by atoms with E-state index in [1.165, 1.54) is 5.56 Å². The van der Waals surface area contributed by atoms with Gasteiger partial charge in [0.15, 0.2) is 11.5 Å². The molecule has 0 atom stereocenters. The first-order valence-corrected chi connectivity index (χ1v) is 12.4. The topological polar surface area (TPSA) is 80.1 Å². The van der Waals surface area contributed by atoms with Gasteiger partial charge in [-0.15, -0.1) is 0 Å². The predicted octanol–water partition coefficient (Wildman–Crippen LogP) is 4.62. The van der Waals surface area contributed by atoms with Gasteiger partial charge in [-0.25, -0.2) is 9.97 Å². The summed E-state index contributed by atoms with van der Waals surface area (Å²) in [4.78, 5) is 37.8. The third-order valence-electron chi connectivity index (χ3n) is 7.17. The summed E-state index contributed by atoms with van der Waals surface area (Å²) in [7, 11) is 0. The van der Waals surface area contributed by atoms with E-state index in [1.54, 1.807) is 10.8 Å². The minimum atomic E-state index is -0.153. The number of piperidine rings is 1. The van der Waals surface area contributed by atoms with Crippen LogP contribution in [0.4, 0.5) is 11.5 Å². The molecule has 1 fully saturated rings. The number of benzene rings is 2. The van der Waals surface area contributed by atoms with Gasteiger partial charge >= 0.3 is 0 Å². The Morgan fingerprint density at radius 3 is 2.50 bits per heavy atom. The van der Waals surface area contributed by atoms with E-state index in [-0.39, 0.29) is 17.4 Å². The van der Waals surface area contributed by atoms with Crippen LogP contribution in [0.1, 0.15) is 35.1 Å². The molecule has 0 unspecified atom stereocenters. The van der Waals surface area contributed by atoms with Crippen LogP contribution >= 0.6 is 0 Å². The fraction of sp³-hybridized carbons (Fsp3) is 0.310. The lowest BCUT2D eigenvalue weighted by Gasteiger charge is -2.32. The van der Waals surface area contributed by atoms with Crippen LogP contribution in [0.15, 0.2) is 65.6 Å². The van der Waals surface area contributed by atoms with Crippen LogP contribution in [0.25, 0.3) is 11.2 Å². The zero-order valence-corrected chi connectivity index (χ0v) is 21.0. The highest BCUT2D eigenvalue weighted by Gasteiger charge is 2.28. The van der Waals surface area contributed by atoms with Gasteiger partial charge in [0.05, 0.1) is 6.54 Å². The molecule has 184 valence electrons. The van der Waals surface area contributed by atoms with Crippen molar-refractivity contribution in [1.82, 2.24) is 14.5 Å². The van der Waals surface area contributed by atoms with Crippen LogP contribution in [0, 0.1) is 26.7 Å². The molecule has 7 nitrogen and oxygen atoms in total. The first kappa shape index (κ1) is 23.7. The molecule has 4 aromatic rings. The van der Waals surface area contributed by atoms with Crippen molar-refractivity contribution in [2.24, 2.45) is 5.92 Å². The number of carbonyl (C=O) groups is 1. The van der Waals surface area contributed by atoms with E-state index in [1.807, 2.05) is 80.3 Å². The number of nitrogens with zero attached hydrogens (tertiary/aromatic N) is 4. The number of pyridine rings is 1. The Bertz CT molecular complexity index is 1470. The van der Waals surface area contributed by atoms with Crippen molar-refractivity contribution >= 4 is 28.6 Å². The molecule has 1 aliphatic heterocycles. The summed E-state index contributed by atoms with van der Waals surface area (Å²) >= 11 is 0. The van der Waals surface area contributed by atoms with Crippen LogP contribution in [-0.2, 0) is 11.3 Å². The SMILES string of the molecule is Cc1ccc(Cn2c(=O)c(N3CCC(C(=O)Nc4cccc(C)c4C)CC3)nc3cccnc32)cc1. The second kappa shape index (κ2) is 9.93. The van der Waals surface area contributed by atoms with Gasteiger partial charge in [-0.1, -0.05) is 42.0 Å². The molecule has 1 N–H and O–H groups in total. The van der Waals surface area contributed by atoms with Crippen LogP contribution in [0.2, 0.25) is 0 Å². The minimum absolute atomic E-state index is 0.0378. The third kappa shape index (κ3) is 4.73. The van der Waals surface area contributed by atoms with Gasteiger partial charge in [0.25, 0.3) is 5.56 Å². The molecule has 0 radical (unpaired) electrons. The van der Waals surface area contributed by atoms with Crippen molar-refractivity contribution in [3.63, 3.8) is 0 Å². The van der Waals surface area contributed by atoms with Crippen molar-refractivity contribution < 1.29 is 4.79 Å². The van der Waals surface area contributed by atoms with E-state index >= 15 is 0 Å². The van der Waals surface area contributed by atoms with E-state index < -0.39 is 0 Å². The van der Waals surface area contributed by atoms with Crippen molar-refractivity contribution in [2.45, 2.75) is 40.2 Å². The van der Waals surface area contributed by atoms with Gasteiger partial charge in [-0.2, -0.15) is 0 Å². The monoisotopic (exact) mass is 481 g/mol. The van der Waals surface area contributed by atoms with Gasteiger partial charge < -0.3 is 10.2 Å². The highest BCUT2D eigenvalue weighted by molar-refractivity contribution is 5.93. The second-order valence-corrected chi connectivity index (χ2v) is 9.66.